The number of amides is 1. The minimum absolute atomic E-state index is 0.394. The lowest BCUT2D eigenvalue weighted by Gasteiger charge is -2.46. The van der Waals surface area contributed by atoms with Crippen LogP contribution in [0.15, 0.2) is 18.2 Å². The number of benzene rings is 1. The van der Waals surface area contributed by atoms with Gasteiger partial charge in [-0.15, -0.1) is 0 Å². The maximum atomic E-state index is 11.3. The van der Waals surface area contributed by atoms with Crippen LogP contribution in [0.4, 0.5) is 5.69 Å². The van der Waals surface area contributed by atoms with Crippen molar-refractivity contribution in [2.75, 3.05) is 31.1 Å². The van der Waals surface area contributed by atoms with Gasteiger partial charge in [0.1, 0.15) is 0 Å². The minimum atomic E-state index is -0.474. The molecule has 2 saturated heterocycles. The minimum Gasteiger partial charge on any atom is -0.371 e. The van der Waals surface area contributed by atoms with Crippen LogP contribution in [-0.2, 0) is 0 Å². The number of nitrogens with one attached hydrogen (secondary N) is 1. The molecule has 114 valence electrons. The van der Waals surface area contributed by atoms with Crippen molar-refractivity contribution < 1.29 is 4.79 Å². The van der Waals surface area contributed by atoms with E-state index in [0.717, 1.165) is 31.9 Å². The van der Waals surface area contributed by atoms with Gasteiger partial charge >= 0.3 is 0 Å². The molecule has 3 rings (SSSR count). The Morgan fingerprint density at radius 1 is 1.33 bits per heavy atom. The molecule has 1 spiro atoms. The van der Waals surface area contributed by atoms with Gasteiger partial charge < -0.3 is 16.0 Å². The number of hydrogen-bond donors (Lipinski definition) is 2. The maximum Gasteiger partial charge on any atom is 0.250 e. The molecule has 1 aromatic carbocycles. The van der Waals surface area contributed by atoms with Crippen molar-refractivity contribution in [1.82, 2.24) is 5.32 Å². The Hall–Kier alpha value is -1.26. The van der Waals surface area contributed by atoms with Gasteiger partial charge in [-0.05, 0) is 50.4 Å². The molecule has 1 aromatic rings. The molecule has 0 bridgehead atoms. The molecule has 2 heterocycles. The molecule has 0 aromatic heterocycles. The molecule has 1 amide bonds. The molecular formula is C16H22ClN3O. The van der Waals surface area contributed by atoms with Gasteiger partial charge in [-0.1, -0.05) is 11.6 Å². The molecule has 0 radical (unpaired) electrons. The van der Waals surface area contributed by atoms with Crippen molar-refractivity contribution in [1.29, 1.82) is 0 Å². The quantitative estimate of drug-likeness (QED) is 0.882. The van der Waals surface area contributed by atoms with E-state index in [1.54, 1.807) is 6.07 Å². The molecule has 2 aliphatic rings. The fraction of sp³-hybridized carbons (Fsp3) is 0.562. The van der Waals surface area contributed by atoms with Crippen LogP contribution in [0, 0.1) is 5.41 Å². The van der Waals surface area contributed by atoms with Gasteiger partial charge in [0.2, 0.25) is 5.91 Å². The van der Waals surface area contributed by atoms with E-state index in [2.05, 4.69) is 10.2 Å². The predicted molar refractivity (Wildman–Crippen MR) is 86.0 cm³/mol. The number of hydrogen-bond acceptors (Lipinski definition) is 3. The highest BCUT2D eigenvalue weighted by Crippen LogP contribution is 2.38. The van der Waals surface area contributed by atoms with Gasteiger partial charge in [0, 0.05) is 30.7 Å². The van der Waals surface area contributed by atoms with E-state index in [1.165, 1.54) is 25.7 Å². The summed E-state index contributed by atoms with van der Waals surface area (Å²) >= 11 is 6.18. The second-order valence-electron chi connectivity index (χ2n) is 6.33. The third-order valence-electron chi connectivity index (χ3n) is 4.81. The number of piperidine rings is 2. The second-order valence-corrected chi connectivity index (χ2v) is 6.74. The van der Waals surface area contributed by atoms with E-state index in [0.29, 0.717) is 16.0 Å². The van der Waals surface area contributed by atoms with Gasteiger partial charge in [0.25, 0.3) is 0 Å². The topological polar surface area (TPSA) is 58.4 Å². The summed E-state index contributed by atoms with van der Waals surface area (Å²) in [5, 5.41) is 3.98. The summed E-state index contributed by atoms with van der Waals surface area (Å²) in [7, 11) is 0. The number of nitrogens with zero attached hydrogens (tertiary/aromatic N) is 1. The zero-order valence-electron chi connectivity index (χ0n) is 12.2. The normalized spacial score (nSPS) is 26.0. The number of nitrogens with two attached hydrogens (primary N) is 1. The summed E-state index contributed by atoms with van der Waals surface area (Å²) in [6.45, 7) is 4.36. The van der Waals surface area contributed by atoms with Crippen LogP contribution in [-0.4, -0.2) is 32.1 Å². The molecule has 4 nitrogen and oxygen atoms in total. The zero-order valence-corrected chi connectivity index (χ0v) is 13.0. The molecular weight excluding hydrogens is 286 g/mol. The van der Waals surface area contributed by atoms with E-state index in [9.17, 15) is 4.79 Å². The first-order chi connectivity index (χ1) is 10.1. The summed E-state index contributed by atoms with van der Waals surface area (Å²) in [6, 6.07) is 5.57. The van der Waals surface area contributed by atoms with Gasteiger partial charge in [-0.25, -0.2) is 0 Å². The number of carbonyl (C=O) groups is 1. The highest BCUT2D eigenvalue weighted by atomic mass is 35.5. The third kappa shape index (κ3) is 3.01. The number of anilines is 1. The largest absolute Gasteiger partial charge is 0.371 e. The lowest BCUT2D eigenvalue weighted by Crippen LogP contribution is -2.51. The molecule has 3 N–H and O–H groups in total. The van der Waals surface area contributed by atoms with Crippen molar-refractivity contribution in [2.24, 2.45) is 11.1 Å². The number of halogens is 1. The second kappa shape index (κ2) is 5.85. The summed E-state index contributed by atoms with van der Waals surface area (Å²) in [6.07, 6.45) is 5.05. The molecule has 5 heteroatoms. The fourth-order valence-corrected chi connectivity index (χ4v) is 3.98. The van der Waals surface area contributed by atoms with Crippen molar-refractivity contribution in [3.8, 4) is 0 Å². The molecule has 0 saturated carbocycles. The third-order valence-corrected chi connectivity index (χ3v) is 5.12. The van der Waals surface area contributed by atoms with Crippen LogP contribution in [0.5, 0.6) is 0 Å². The lowest BCUT2D eigenvalue weighted by molar-refractivity contribution is 0.100. The Labute approximate surface area is 130 Å². The SMILES string of the molecule is NC(=O)c1ccc(N2CCCC3(CCCNC3)C2)cc1Cl. The first kappa shape index (κ1) is 14.7. The summed E-state index contributed by atoms with van der Waals surface area (Å²) in [5.41, 5.74) is 7.19. The average Bonchev–Trinajstić information content (AvgIpc) is 2.47. The fourth-order valence-electron chi connectivity index (χ4n) is 3.71. The van der Waals surface area contributed by atoms with Crippen molar-refractivity contribution in [2.45, 2.75) is 25.7 Å². The average molecular weight is 308 g/mol. The van der Waals surface area contributed by atoms with Crippen LogP contribution in [0.3, 0.4) is 0 Å². The summed E-state index contributed by atoms with van der Waals surface area (Å²) < 4.78 is 0. The Bertz CT molecular complexity index is 535. The summed E-state index contributed by atoms with van der Waals surface area (Å²) in [4.78, 5) is 13.7. The van der Waals surface area contributed by atoms with Gasteiger partial charge in [0.05, 0.1) is 10.6 Å². The molecule has 1 unspecified atom stereocenters. The monoisotopic (exact) mass is 307 g/mol. The molecule has 2 aliphatic heterocycles. The van der Waals surface area contributed by atoms with Crippen LogP contribution < -0.4 is 16.0 Å². The Morgan fingerprint density at radius 2 is 2.14 bits per heavy atom. The number of rotatable bonds is 2. The zero-order chi connectivity index (χ0) is 14.9. The van der Waals surface area contributed by atoms with E-state index in [-0.39, 0.29) is 0 Å². The van der Waals surface area contributed by atoms with Crippen LogP contribution in [0.2, 0.25) is 5.02 Å². The first-order valence-electron chi connectivity index (χ1n) is 7.65. The van der Waals surface area contributed by atoms with Crippen LogP contribution in [0.25, 0.3) is 0 Å². The summed E-state index contributed by atoms with van der Waals surface area (Å²) in [5.74, 6) is -0.474. The van der Waals surface area contributed by atoms with Crippen LogP contribution in [0.1, 0.15) is 36.0 Å². The van der Waals surface area contributed by atoms with E-state index in [1.807, 2.05) is 12.1 Å². The number of carbonyl (C=O) groups excluding carboxylic acids is 1. The molecule has 21 heavy (non-hydrogen) atoms. The Balaban J connectivity index is 1.80. The molecule has 1 atom stereocenters. The predicted octanol–water partition coefficient (Wildman–Crippen LogP) is 2.41. The Kier molecular flexibility index (Phi) is 4.09. The first-order valence-corrected chi connectivity index (χ1v) is 8.03. The number of primary amides is 1. The van der Waals surface area contributed by atoms with Crippen LogP contribution >= 0.6 is 11.6 Å². The van der Waals surface area contributed by atoms with Crippen molar-refractivity contribution in [3.63, 3.8) is 0 Å². The molecule has 2 fully saturated rings. The van der Waals surface area contributed by atoms with Gasteiger partial charge in [-0.3, -0.25) is 4.79 Å². The van der Waals surface area contributed by atoms with E-state index in [4.69, 9.17) is 17.3 Å². The van der Waals surface area contributed by atoms with Crippen molar-refractivity contribution >= 4 is 23.2 Å². The standard InChI is InChI=1S/C16H22ClN3O/c17-14-9-12(3-4-13(14)15(18)21)20-8-2-6-16(11-20)5-1-7-19-10-16/h3-4,9,19H,1-2,5-8,10-11H2,(H2,18,21). The lowest BCUT2D eigenvalue weighted by atomic mass is 9.74. The van der Waals surface area contributed by atoms with Gasteiger partial charge in [0.15, 0.2) is 0 Å². The highest BCUT2D eigenvalue weighted by Gasteiger charge is 2.36. The van der Waals surface area contributed by atoms with E-state index >= 15 is 0 Å². The Morgan fingerprint density at radius 3 is 2.81 bits per heavy atom. The maximum absolute atomic E-state index is 11.3. The smallest absolute Gasteiger partial charge is 0.250 e. The van der Waals surface area contributed by atoms with E-state index < -0.39 is 5.91 Å². The van der Waals surface area contributed by atoms with Crippen molar-refractivity contribution in [3.05, 3.63) is 28.8 Å². The van der Waals surface area contributed by atoms with Gasteiger partial charge in [-0.2, -0.15) is 0 Å². The molecule has 0 aliphatic carbocycles. The highest BCUT2D eigenvalue weighted by molar-refractivity contribution is 6.34.